The average Bonchev–Trinajstić information content (AvgIpc) is 3.27. The highest BCUT2D eigenvalue weighted by Crippen LogP contribution is 2.30. The molecule has 0 amide bonds. The van der Waals surface area contributed by atoms with Crippen molar-refractivity contribution >= 4 is 5.78 Å². The number of methoxy groups -OCH3 is 2. The van der Waals surface area contributed by atoms with Gasteiger partial charge in [-0.1, -0.05) is 35.5 Å². The fourth-order valence-electron chi connectivity index (χ4n) is 3.85. The number of benzene rings is 2. The first kappa shape index (κ1) is 20.1. The zero-order valence-electron chi connectivity index (χ0n) is 17.2. The number of carbonyl (C=O) groups is 1. The number of rotatable bonds is 7. The van der Waals surface area contributed by atoms with Gasteiger partial charge in [0, 0.05) is 24.1 Å². The number of ether oxygens (including phenoxy) is 2. The third-order valence-electron chi connectivity index (χ3n) is 5.41. The molecule has 0 N–H and O–H groups in total. The molecule has 156 valence electrons. The molecule has 1 aliphatic rings. The summed E-state index contributed by atoms with van der Waals surface area (Å²) in [6, 6.07) is 15.1. The molecule has 2 heterocycles. The summed E-state index contributed by atoms with van der Waals surface area (Å²) in [6.45, 7) is 2.08. The molecule has 1 atom stereocenters. The summed E-state index contributed by atoms with van der Waals surface area (Å²) in [5, 5.41) is 4.08. The Bertz CT molecular complexity index is 1000. The highest BCUT2D eigenvalue weighted by molar-refractivity contribution is 6.00. The van der Waals surface area contributed by atoms with E-state index in [-0.39, 0.29) is 11.7 Å². The lowest BCUT2D eigenvalue weighted by molar-refractivity contribution is 0.0794. The maximum atomic E-state index is 13.2. The predicted octanol–water partition coefficient (Wildman–Crippen LogP) is 3.85. The molecule has 7 nitrogen and oxygen atoms in total. The largest absolute Gasteiger partial charge is 0.497 e. The topological polar surface area (TPSA) is 77.7 Å². The van der Waals surface area contributed by atoms with E-state index in [2.05, 4.69) is 15.0 Å². The Morgan fingerprint density at radius 2 is 2.00 bits per heavy atom. The van der Waals surface area contributed by atoms with Crippen molar-refractivity contribution in [2.75, 3.05) is 27.3 Å². The van der Waals surface area contributed by atoms with Crippen LogP contribution in [0.1, 0.15) is 29.1 Å². The summed E-state index contributed by atoms with van der Waals surface area (Å²) in [5.41, 5.74) is 1.51. The molecule has 1 aromatic heterocycles. The summed E-state index contributed by atoms with van der Waals surface area (Å²) in [6.07, 6.45) is 1.79. The van der Waals surface area contributed by atoms with E-state index < -0.39 is 0 Å². The van der Waals surface area contributed by atoms with Crippen LogP contribution in [0.5, 0.6) is 11.5 Å². The number of hydrogen-bond acceptors (Lipinski definition) is 7. The van der Waals surface area contributed by atoms with Crippen molar-refractivity contribution in [3.63, 3.8) is 0 Å². The zero-order valence-corrected chi connectivity index (χ0v) is 17.2. The molecular formula is C23H25N3O4. The number of piperidine rings is 1. The van der Waals surface area contributed by atoms with Crippen LogP contribution in [-0.4, -0.2) is 48.1 Å². The SMILES string of the molecule is COc1ccc(C(=O)C2CCCN(Cc3nc(-c4ccccc4)no3)C2)c(OC)c1. The number of Topliss-reactive ketones (excluding diaryl/α,β-unsaturated/α-hetero) is 1. The lowest BCUT2D eigenvalue weighted by Crippen LogP contribution is -2.38. The maximum Gasteiger partial charge on any atom is 0.241 e. The smallest absolute Gasteiger partial charge is 0.241 e. The van der Waals surface area contributed by atoms with Crippen molar-refractivity contribution in [1.82, 2.24) is 15.0 Å². The van der Waals surface area contributed by atoms with Crippen molar-refractivity contribution < 1.29 is 18.8 Å². The second-order valence-electron chi connectivity index (χ2n) is 7.38. The minimum Gasteiger partial charge on any atom is -0.497 e. The molecule has 1 fully saturated rings. The Hall–Kier alpha value is -3.19. The Morgan fingerprint density at radius 3 is 2.77 bits per heavy atom. The number of ketones is 1. The number of aromatic nitrogens is 2. The van der Waals surface area contributed by atoms with E-state index in [1.54, 1.807) is 32.4 Å². The number of likely N-dealkylation sites (tertiary alicyclic amines) is 1. The van der Waals surface area contributed by atoms with Gasteiger partial charge >= 0.3 is 0 Å². The molecule has 3 aromatic rings. The highest BCUT2D eigenvalue weighted by Gasteiger charge is 2.29. The molecule has 0 spiro atoms. The monoisotopic (exact) mass is 407 g/mol. The fraction of sp³-hybridized carbons (Fsp3) is 0.348. The van der Waals surface area contributed by atoms with E-state index in [4.69, 9.17) is 14.0 Å². The van der Waals surface area contributed by atoms with Crippen LogP contribution in [0.15, 0.2) is 53.1 Å². The molecule has 0 aliphatic carbocycles. The van der Waals surface area contributed by atoms with Gasteiger partial charge in [-0.15, -0.1) is 0 Å². The summed E-state index contributed by atoms with van der Waals surface area (Å²) in [7, 11) is 3.16. The minimum absolute atomic E-state index is 0.0923. The van der Waals surface area contributed by atoms with Crippen LogP contribution in [0, 0.1) is 5.92 Å². The van der Waals surface area contributed by atoms with Crippen LogP contribution in [0.4, 0.5) is 0 Å². The van der Waals surface area contributed by atoms with Gasteiger partial charge in [0.2, 0.25) is 11.7 Å². The number of hydrogen-bond donors (Lipinski definition) is 0. The van der Waals surface area contributed by atoms with E-state index in [0.29, 0.717) is 41.9 Å². The van der Waals surface area contributed by atoms with E-state index in [1.165, 1.54) is 0 Å². The van der Waals surface area contributed by atoms with Crippen molar-refractivity contribution in [3.8, 4) is 22.9 Å². The standard InChI is InChI=1S/C23H25N3O4/c1-28-18-10-11-19(20(13-18)29-2)22(27)17-9-6-12-26(14-17)15-21-24-23(25-30-21)16-7-4-3-5-8-16/h3-5,7-8,10-11,13,17H,6,9,12,14-15H2,1-2H3. The van der Waals surface area contributed by atoms with Crippen molar-refractivity contribution in [3.05, 3.63) is 60.0 Å². The second kappa shape index (κ2) is 9.09. The summed E-state index contributed by atoms with van der Waals surface area (Å²) >= 11 is 0. The van der Waals surface area contributed by atoms with E-state index >= 15 is 0 Å². The first-order valence-electron chi connectivity index (χ1n) is 10.0. The fourth-order valence-corrected chi connectivity index (χ4v) is 3.85. The van der Waals surface area contributed by atoms with Crippen molar-refractivity contribution in [2.45, 2.75) is 19.4 Å². The molecular weight excluding hydrogens is 382 g/mol. The summed E-state index contributed by atoms with van der Waals surface area (Å²) in [5.74, 6) is 2.34. The molecule has 1 aliphatic heterocycles. The second-order valence-corrected chi connectivity index (χ2v) is 7.38. The van der Waals surface area contributed by atoms with Gasteiger partial charge in [-0.3, -0.25) is 9.69 Å². The zero-order chi connectivity index (χ0) is 20.9. The molecule has 30 heavy (non-hydrogen) atoms. The minimum atomic E-state index is -0.0995. The van der Waals surface area contributed by atoms with Crippen LogP contribution < -0.4 is 9.47 Å². The van der Waals surface area contributed by atoms with Crippen LogP contribution in [0.2, 0.25) is 0 Å². The maximum absolute atomic E-state index is 13.2. The normalized spacial score (nSPS) is 16.9. The van der Waals surface area contributed by atoms with Crippen LogP contribution >= 0.6 is 0 Å². The Kier molecular flexibility index (Phi) is 6.09. The van der Waals surface area contributed by atoms with E-state index in [1.807, 2.05) is 30.3 Å². The molecule has 0 radical (unpaired) electrons. The Morgan fingerprint density at radius 1 is 1.17 bits per heavy atom. The Labute approximate surface area is 175 Å². The van der Waals surface area contributed by atoms with Crippen LogP contribution in [-0.2, 0) is 6.54 Å². The van der Waals surface area contributed by atoms with Gasteiger partial charge in [-0.05, 0) is 31.5 Å². The number of nitrogens with zero attached hydrogens (tertiary/aromatic N) is 3. The average molecular weight is 407 g/mol. The van der Waals surface area contributed by atoms with Gasteiger partial charge in [0.1, 0.15) is 11.5 Å². The van der Waals surface area contributed by atoms with Crippen molar-refractivity contribution in [2.24, 2.45) is 5.92 Å². The molecule has 2 aromatic carbocycles. The molecule has 0 bridgehead atoms. The van der Waals surface area contributed by atoms with Gasteiger partial charge in [-0.25, -0.2) is 0 Å². The third kappa shape index (κ3) is 4.36. The lowest BCUT2D eigenvalue weighted by atomic mass is 9.89. The first-order chi connectivity index (χ1) is 14.7. The van der Waals surface area contributed by atoms with E-state index in [0.717, 1.165) is 24.9 Å². The quantitative estimate of drug-likeness (QED) is 0.551. The highest BCUT2D eigenvalue weighted by atomic mass is 16.5. The van der Waals surface area contributed by atoms with Gasteiger partial charge in [0.05, 0.1) is 26.3 Å². The number of carbonyl (C=O) groups excluding carboxylic acids is 1. The summed E-state index contributed by atoms with van der Waals surface area (Å²) < 4.78 is 16.1. The van der Waals surface area contributed by atoms with Crippen molar-refractivity contribution in [1.29, 1.82) is 0 Å². The molecule has 1 unspecified atom stereocenters. The molecule has 0 saturated carbocycles. The van der Waals surface area contributed by atoms with Gasteiger partial charge in [-0.2, -0.15) is 4.98 Å². The van der Waals surface area contributed by atoms with E-state index in [9.17, 15) is 4.79 Å². The van der Waals surface area contributed by atoms with Gasteiger partial charge < -0.3 is 14.0 Å². The van der Waals surface area contributed by atoms with Crippen LogP contribution in [0.25, 0.3) is 11.4 Å². The summed E-state index contributed by atoms with van der Waals surface area (Å²) in [4.78, 5) is 19.9. The third-order valence-corrected chi connectivity index (χ3v) is 5.41. The van der Waals surface area contributed by atoms with Gasteiger partial charge in [0.25, 0.3) is 0 Å². The van der Waals surface area contributed by atoms with Crippen LogP contribution in [0.3, 0.4) is 0 Å². The molecule has 4 rings (SSSR count). The molecule has 7 heteroatoms. The predicted molar refractivity (Wildman–Crippen MR) is 112 cm³/mol. The Balaban J connectivity index is 1.44. The van der Waals surface area contributed by atoms with Gasteiger partial charge in [0.15, 0.2) is 5.78 Å². The molecule has 1 saturated heterocycles. The first-order valence-corrected chi connectivity index (χ1v) is 10.0. The lowest BCUT2D eigenvalue weighted by Gasteiger charge is -2.31.